The third kappa shape index (κ3) is 3.43. The number of halogens is 1. The monoisotopic (exact) mass is 388 g/mol. The first-order chi connectivity index (χ1) is 12.3. The van der Waals surface area contributed by atoms with Gasteiger partial charge in [-0.15, -0.1) is 11.3 Å². The smallest absolute Gasteiger partial charge is 0.346 e. The molecule has 0 saturated carbocycles. The Labute approximate surface area is 159 Å². The maximum atomic E-state index is 12.4. The van der Waals surface area contributed by atoms with Crippen molar-refractivity contribution in [3.05, 3.63) is 62.0 Å². The molecule has 1 aromatic carbocycles. The first-order valence-corrected chi connectivity index (χ1v) is 9.21. The number of aryl methyl sites for hydroxylation is 1. The summed E-state index contributed by atoms with van der Waals surface area (Å²) in [5, 5.41) is 9.80. The van der Waals surface area contributed by atoms with Gasteiger partial charge in [-0.05, 0) is 35.6 Å². The fraction of sp³-hybridized carbons (Fsp3) is 0.211. The Kier molecular flexibility index (Phi) is 4.98. The molecule has 3 rings (SSSR count). The van der Waals surface area contributed by atoms with Gasteiger partial charge in [-0.25, -0.2) is 9.78 Å². The largest absolute Gasteiger partial charge is 0.477 e. The van der Waals surface area contributed by atoms with Crippen molar-refractivity contribution in [1.82, 2.24) is 9.97 Å². The number of aromatic carboxylic acids is 1. The number of carboxylic acids is 1. The SMILES string of the molecule is Cc1c(C(=O)O)sc2nc(/C(Cl)=C/c3ccc(C(C)C)cc3)[nH]c(=O)c12. The van der Waals surface area contributed by atoms with Crippen LogP contribution in [0.25, 0.3) is 21.3 Å². The molecule has 0 bridgehead atoms. The summed E-state index contributed by atoms with van der Waals surface area (Å²) >= 11 is 7.31. The highest BCUT2D eigenvalue weighted by Gasteiger charge is 2.19. The molecule has 134 valence electrons. The normalized spacial score (nSPS) is 12.1. The molecule has 7 heteroatoms. The van der Waals surface area contributed by atoms with Crippen LogP contribution in [0.3, 0.4) is 0 Å². The predicted octanol–water partition coefficient (Wildman–Crippen LogP) is 4.85. The fourth-order valence-electron chi connectivity index (χ4n) is 2.65. The van der Waals surface area contributed by atoms with Crippen LogP contribution in [0.5, 0.6) is 0 Å². The second-order valence-electron chi connectivity index (χ2n) is 6.27. The fourth-order valence-corrected chi connectivity index (χ4v) is 3.89. The van der Waals surface area contributed by atoms with E-state index in [0.717, 1.165) is 16.9 Å². The van der Waals surface area contributed by atoms with Crippen molar-refractivity contribution in [2.45, 2.75) is 26.7 Å². The maximum Gasteiger partial charge on any atom is 0.346 e. The Morgan fingerprint density at radius 2 is 1.96 bits per heavy atom. The molecule has 0 atom stereocenters. The number of H-pyrrole nitrogens is 1. The molecule has 26 heavy (non-hydrogen) atoms. The van der Waals surface area contributed by atoms with Crippen LogP contribution in [-0.2, 0) is 0 Å². The average molecular weight is 389 g/mol. The highest BCUT2D eigenvalue weighted by Crippen LogP contribution is 2.28. The average Bonchev–Trinajstić information content (AvgIpc) is 2.92. The topological polar surface area (TPSA) is 83.0 Å². The predicted molar refractivity (Wildman–Crippen MR) is 106 cm³/mol. The van der Waals surface area contributed by atoms with E-state index in [2.05, 4.69) is 23.8 Å². The number of nitrogens with one attached hydrogen (secondary N) is 1. The molecule has 0 fully saturated rings. The van der Waals surface area contributed by atoms with Gasteiger partial charge >= 0.3 is 5.97 Å². The molecule has 0 aliphatic carbocycles. The minimum absolute atomic E-state index is 0.111. The molecule has 0 aliphatic rings. The standard InChI is InChI=1S/C19H17ClN2O3S/c1-9(2)12-6-4-11(5-7-12)8-13(20)16-21-17(23)14-10(3)15(19(24)25)26-18(14)22-16/h4-9H,1-3H3,(H,24,25)(H,21,22,23)/b13-8-. The van der Waals surface area contributed by atoms with Gasteiger partial charge in [0, 0.05) is 0 Å². The van der Waals surface area contributed by atoms with E-state index >= 15 is 0 Å². The van der Waals surface area contributed by atoms with Crippen LogP contribution >= 0.6 is 22.9 Å². The van der Waals surface area contributed by atoms with E-state index in [0.29, 0.717) is 21.7 Å². The Hall–Kier alpha value is -2.44. The minimum atomic E-state index is -1.07. The number of hydrogen-bond donors (Lipinski definition) is 2. The van der Waals surface area contributed by atoms with E-state index in [1.165, 1.54) is 5.56 Å². The van der Waals surface area contributed by atoms with Crippen molar-refractivity contribution < 1.29 is 9.90 Å². The number of hydrogen-bond acceptors (Lipinski definition) is 4. The van der Waals surface area contributed by atoms with Gasteiger partial charge in [-0.1, -0.05) is 49.7 Å². The van der Waals surface area contributed by atoms with Crippen molar-refractivity contribution >= 4 is 50.2 Å². The first kappa shape index (κ1) is 18.4. The summed E-state index contributed by atoms with van der Waals surface area (Å²) in [6, 6.07) is 7.96. The highest BCUT2D eigenvalue weighted by molar-refractivity contribution is 7.20. The summed E-state index contributed by atoms with van der Waals surface area (Å²) in [6.45, 7) is 5.85. The molecule has 5 nitrogen and oxygen atoms in total. The molecule has 2 N–H and O–H groups in total. The van der Waals surface area contributed by atoms with Crippen molar-refractivity contribution in [2.75, 3.05) is 0 Å². The van der Waals surface area contributed by atoms with E-state index < -0.39 is 11.5 Å². The lowest BCUT2D eigenvalue weighted by Crippen LogP contribution is -2.10. The number of carboxylic acid groups (broad SMARTS) is 1. The van der Waals surface area contributed by atoms with Crippen molar-refractivity contribution in [3.63, 3.8) is 0 Å². The Bertz CT molecular complexity index is 1080. The minimum Gasteiger partial charge on any atom is -0.477 e. The number of aromatic amines is 1. The van der Waals surface area contributed by atoms with Crippen LogP contribution < -0.4 is 5.56 Å². The molecule has 3 aromatic rings. The van der Waals surface area contributed by atoms with Crippen LogP contribution in [0.1, 0.15) is 52.0 Å². The van der Waals surface area contributed by atoms with Crippen LogP contribution in [0.2, 0.25) is 0 Å². The summed E-state index contributed by atoms with van der Waals surface area (Å²) in [7, 11) is 0. The second kappa shape index (κ2) is 7.05. The molecular formula is C19H17ClN2O3S. The molecule has 0 saturated heterocycles. The number of thiophene rings is 1. The third-order valence-electron chi connectivity index (χ3n) is 4.12. The van der Waals surface area contributed by atoms with Crippen LogP contribution in [0, 0.1) is 6.92 Å². The summed E-state index contributed by atoms with van der Waals surface area (Å²) < 4.78 is 0. The summed E-state index contributed by atoms with van der Waals surface area (Å²) in [5.41, 5.74) is 2.13. The van der Waals surface area contributed by atoms with Crippen LogP contribution in [0.4, 0.5) is 0 Å². The van der Waals surface area contributed by atoms with E-state index in [1.807, 2.05) is 24.3 Å². The molecule has 2 heterocycles. The molecule has 0 radical (unpaired) electrons. The molecule has 0 unspecified atom stereocenters. The lowest BCUT2D eigenvalue weighted by Gasteiger charge is -2.05. The van der Waals surface area contributed by atoms with Gasteiger partial charge in [-0.3, -0.25) is 4.79 Å². The summed E-state index contributed by atoms with van der Waals surface area (Å²) in [5.74, 6) is -0.414. The third-order valence-corrected chi connectivity index (χ3v) is 5.58. The zero-order chi connectivity index (χ0) is 19.0. The van der Waals surface area contributed by atoms with Gasteiger partial charge < -0.3 is 10.1 Å². The van der Waals surface area contributed by atoms with Gasteiger partial charge in [-0.2, -0.15) is 0 Å². The highest BCUT2D eigenvalue weighted by atomic mass is 35.5. The quantitative estimate of drug-likeness (QED) is 0.669. The van der Waals surface area contributed by atoms with Gasteiger partial charge in [0.1, 0.15) is 9.71 Å². The number of benzene rings is 1. The van der Waals surface area contributed by atoms with Crippen LogP contribution in [-0.4, -0.2) is 21.0 Å². The lowest BCUT2D eigenvalue weighted by molar-refractivity contribution is 0.0701. The molecule has 0 spiro atoms. The van der Waals surface area contributed by atoms with Gasteiger partial charge in [0.15, 0.2) is 5.82 Å². The lowest BCUT2D eigenvalue weighted by atomic mass is 10.0. The molecule has 0 amide bonds. The maximum absolute atomic E-state index is 12.4. The van der Waals surface area contributed by atoms with E-state index in [1.54, 1.807) is 13.0 Å². The molecule has 0 aliphatic heterocycles. The summed E-state index contributed by atoms with van der Waals surface area (Å²) in [4.78, 5) is 31.1. The summed E-state index contributed by atoms with van der Waals surface area (Å²) in [6.07, 6.45) is 1.72. The number of aromatic nitrogens is 2. The second-order valence-corrected chi connectivity index (χ2v) is 7.68. The van der Waals surface area contributed by atoms with Gasteiger partial charge in [0.05, 0.1) is 10.4 Å². The van der Waals surface area contributed by atoms with Gasteiger partial charge in [0.2, 0.25) is 0 Å². The number of carbonyl (C=O) groups is 1. The van der Waals surface area contributed by atoms with Gasteiger partial charge in [0.25, 0.3) is 5.56 Å². The van der Waals surface area contributed by atoms with E-state index in [9.17, 15) is 14.7 Å². The zero-order valence-corrected chi connectivity index (χ0v) is 16.0. The molecular weight excluding hydrogens is 372 g/mol. The Balaban J connectivity index is 2.04. The van der Waals surface area contributed by atoms with E-state index in [-0.39, 0.29) is 15.7 Å². The van der Waals surface area contributed by atoms with Crippen molar-refractivity contribution in [2.24, 2.45) is 0 Å². The number of fused-ring (bicyclic) bond motifs is 1. The van der Waals surface area contributed by atoms with Crippen molar-refractivity contribution in [3.8, 4) is 0 Å². The van der Waals surface area contributed by atoms with Crippen LogP contribution in [0.15, 0.2) is 29.1 Å². The van der Waals surface area contributed by atoms with E-state index in [4.69, 9.17) is 11.6 Å². The zero-order valence-electron chi connectivity index (χ0n) is 14.5. The van der Waals surface area contributed by atoms with Crippen molar-refractivity contribution in [1.29, 1.82) is 0 Å². The number of nitrogens with zero attached hydrogens (tertiary/aromatic N) is 1. The Morgan fingerprint density at radius 3 is 2.54 bits per heavy atom. The number of rotatable bonds is 4. The molecule has 2 aromatic heterocycles. The Morgan fingerprint density at radius 1 is 1.31 bits per heavy atom. The first-order valence-electron chi connectivity index (χ1n) is 8.02.